The zero-order chi connectivity index (χ0) is 18.2. The summed E-state index contributed by atoms with van der Waals surface area (Å²) in [5.74, 6) is -0.714. The molecule has 128 valence electrons. The van der Waals surface area contributed by atoms with Gasteiger partial charge >= 0.3 is 6.61 Å². The Morgan fingerprint density at radius 3 is 2.76 bits per heavy atom. The predicted molar refractivity (Wildman–Crippen MR) is 86.1 cm³/mol. The van der Waals surface area contributed by atoms with E-state index in [9.17, 15) is 18.8 Å². The van der Waals surface area contributed by atoms with E-state index >= 15 is 0 Å². The Bertz CT molecular complexity index is 818. The SMILES string of the molecule is COc1cc(/C=C(\C#N)C(=O)Nc2cccnc2)ccc1OC(F)F. The highest BCUT2D eigenvalue weighted by Gasteiger charge is 2.13. The van der Waals surface area contributed by atoms with E-state index in [1.165, 1.54) is 37.6 Å². The number of anilines is 1. The minimum absolute atomic E-state index is 0.0546. The van der Waals surface area contributed by atoms with Crippen molar-refractivity contribution in [2.24, 2.45) is 0 Å². The van der Waals surface area contributed by atoms with Crippen LogP contribution in [0.2, 0.25) is 0 Å². The number of ether oxygens (including phenoxy) is 2. The standard InChI is InChI=1S/C17H13F2N3O3/c1-24-15-8-11(4-5-14(15)25-17(18)19)7-12(9-20)16(23)22-13-3-2-6-21-10-13/h2-8,10,17H,1H3,(H,22,23)/b12-7+. The van der Waals surface area contributed by atoms with Crippen LogP contribution in [0.3, 0.4) is 0 Å². The van der Waals surface area contributed by atoms with Crippen molar-refractivity contribution in [1.29, 1.82) is 5.26 Å². The van der Waals surface area contributed by atoms with Gasteiger partial charge in [0.25, 0.3) is 5.91 Å². The maximum atomic E-state index is 12.3. The van der Waals surface area contributed by atoms with Crippen molar-refractivity contribution >= 4 is 17.7 Å². The molecule has 2 rings (SSSR count). The number of nitriles is 1. The summed E-state index contributed by atoms with van der Waals surface area (Å²) in [4.78, 5) is 16.0. The molecule has 0 saturated carbocycles. The van der Waals surface area contributed by atoms with Crippen LogP contribution in [-0.2, 0) is 4.79 Å². The average Bonchev–Trinajstić information content (AvgIpc) is 2.61. The van der Waals surface area contributed by atoms with Gasteiger partial charge in [0.15, 0.2) is 11.5 Å². The van der Waals surface area contributed by atoms with E-state index < -0.39 is 12.5 Å². The molecule has 0 fully saturated rings. The Kier molecular flexibility index (Phi) is 6.01. The molecule has 1 aromatic heterocycles. The number of hydrogen-bond donors (Lipinski definition) is 1. The lowest BCUT2D eigenvalue weighted by molar-refractivity contribution is -0.112. The third-order valence-corrected chi connectivity index (χ3v) is 3.00. The van der Waals surface area contributed by atoms with E-state index in [1.54, 1.807) is 24.4 Å². The van der Waals surface area contributed by atoms with Crippen LogP contribution in [0.1, 0.15) is 5.56 Å². The fourth-order valence-corrected chi connectivity index (χ4v) is 1.92. The Hall–Kier alpha value is -3.47. The third-order valence-electron chi connectivity index (χ3n) is 3.00. The number of benzene rings is 1. The predicted octanol–water partition coefficient (Wildman–Crippen LogP) is 3.24. The summed E-state index contributed by atoms with van der Waals surface area (Å²) in [7, 11) is 1.29. The number of hydrogen-bond acceptors (Lipinski definition) is 5. The summed E-state index contributed by atoms with van der Waals surface area (Å²) < 4.78 is 33.9. The molecule has 2 aromatic rings. The van der Waals surface area contributed by atoms with Crippen LogP contribution in [-0.4, -0.2) is 24.6 Å². The number of carbonyl (C=O) groups excluding carboxylic acids is 1. The molecular formula is C17H13F2N3O3. The Balaban J connectivity index is 2.24. The fraction of sp³-hybridized carbons (Fsp3) is 0.118. The first kappa shape index (κ1) is 17.9. The summed E-state index contributed by atoms with van der Waals surface area (Å²) in [6.45, 7) is -2.99. The smallest absolute Gasteiger partial charge is 0.387 e. The van der Waals surface area contributed by atoms with Crippen LogP contribution in [0.25, 0.3) is 6.08 Å². The molecule has 25 heavy (non-hydrogen) atoms. The number of methoxy groups -OCH3 is 1. The van der Waals surface area contributed by atoms with Gasteiger partial charge in [0.1, 0.15) is 11.6 Å². The largest absolute Gasteiger partial charge is 0.493 e. The lowest BCUT2D eigenvalue weighted by Gasteiger charge is -2.10. The normalized spacial score (nSPS) is 10.9. The first-order chi connectivity index (χ1) is 12.0. The molecular weight excluding hydrogens is 332 g/mol. The highest BCUT2D eigenvalue weighted by Crippen LogP contribution is 2.30. The molecule has 0 aliphatic carbocycles. The molecule has 0 atom stereocenters. The molecule has 1 aromatic carbocycles. The van der Waals surface area contributed by atoms with Gasteiger partial charge in [-0.1, -0.05) is 6.07 Å². The number of carbonyl (C=O) groups is 1. The Morgan fingerprint density at radius 1 is 1.36 bits per heavy atom. The number of rotatable bonds is 6. The number of nitrogens with zero attached hydrogens (tertiary/aromatic N) is 2. The molecule has 0 saturated heterocycles. The van der Waals surface area contributed by atoms with Gasteiger partial charge in [0.05, 0.1) is 19.0 Å². The van der Waals surface area contributed by atoms with E-state index in [0.29, 0.717) is 11.3 Å². The average molecular weight is 345 g/mol. The highest BCUT2D eigenvalue weighted by molar-refractivity contribution is 6.09. The van der Waals surface area contributed by atoms with Crippen LogP contribution in [0.15, 0.2) is 48.3 Å². The van der Waals surface area contributed by atoms with Crippen LogP contribution in [0.5, 0.6) is 11.5 Å². The van der Waals surface area contributed by atoms with E-state index in [1.807, 2.05) is 0 Å². The fourth-order valence-electron chi connectivity index (χ4n) is 1.92. The first-order valence-electron chi connectivity index (χ1n) is 6.99. The Morgan fingerprint density at radius 2 is 2.16 bits per heavy atom. The van der Waals surface area contributed by atoms with Gasteiger partial charge < -0.3 is 14.8 Å². The zero-order valence-electron chi connectivity index (χ0n) is 13.1. The van der Waals surface area contributed by atoms with Crippen molar-refractivity contribution in [3.8, 4) is 17.6 Å². The van der Waals surface area contributed by atoms with Gasteiger partial charge in [-0.15, -0.1) is 0 Å². The summed E-state index contributed by atoms with van der Waals surface area (Å²) in [5, 5.41) is 11.7. The van der Waals surface area contributed by atoms with E-state index in [4.69, 9.17) is 4.74 Å². The number of amides is 1. The first-order valence-corrected chi connectivity index (χ1v) is 6.99. The molecule has 6 nitrogen and oxygen atoms in total. The van der Waals surface area contributed by atoms with Crippen LogP contribution in [0.4, 0.5) is 14.5 Å². The maximum Gasteiger partial charge on any atom is 0.387 e. The van der Waals surface area contributed by atoms with Crippen molar-refractivity contribution in [3.63, 3.8) is 0 Å². The summed E-state index contributed by atoms with van der Waals surface area (Å²) in [6.07, 6.45) is 4.29. The molecule has 0 unspecified atom stereocenters. The van der Waals surface area contributed by atoms with Crippen LogP contribution in [0, 0.1) is 11.3 Å². The van der Waals surface area contributed by atoms with Crippen molar-refractivity contribution in [2.75, 3.05) is 12.4 Å². The van der Waals surface area contributed by atoms with Gasteiger partial charge in [0, 0.05) is 6.20 Å². The second-order valence-electron chi connectivity index (χ2n) is 4.65. The van der Waals surface area contributed by atoms with Gasteiger partial charge in [-0.05, 0) is 35.9 Å². The minimum Gasteiger partial charge on any atom is -0.493 e. The number of nitrogens with one attached hydrogen (secondary N) is 1. The lowest BCUT2D eigenvalue weighted by atomic mass is 10.1. The molecule has 1 heterocycles. The second-order valence-corrected chi connectivity index (χ2v) is 4.65. The van der Waals surface area contributed by atoms with Crippen molar-refractivity contribution in [3.05, 3.63) is 53.9 Å². The molecule has 8 heteroatoms. The van der Waals surface area contributed by atoms with Crippen LogP contribution >= 0.6 is 0 Å². The Labute approximate surface area is 142 Å². The highest BCUT2D eigenvalue weighted by atomic mass is 19.3. The molecule has 0 spiro atoms. The third kappa shape index (κ3) is 5.00. The van der Waals surface area contributed by atoms with Crippen molar-refractivity contribution in [1.82, 2.24) is 4.98 Å². The maximum absolute atomic E-state index is 12.3. The number of aromatic nitrogens is 1. The zero-order valence-corrected chi connectivity index (χ0v) is 13.1. The molecule has 0 bridgehead atoms. The summed E-state index contributed by atoms with van der Waals surface area (Å²) in [6, 6.07) is 9.13. The van der Waals surface area contributed by atoms with Gasteiger partial charge in [0.2, 0.25) is 0 Å². The second kappa shape index (κ2) is 8.40. The van der Waals surface area contributed by atoms with E-state index in [-0.39, 0.29) is 17.1 Å². The van der Waals surface area contributed by atoms with Gasteiger partial charge in [-0.3, -0.25) is 9.78 Å². The monoisotopic (exact) mass is 345 g/mol. The molecule has 0 aliphatic heterocycles. The summed E-state index contributed by atoms with van der Waals surface area (Å²) in [5.41, 5.74) is 0.677. The topological polar surface area (TPSA) is 84.2 Å². The van der Waals surface area contributed by atoms with Gasteiger partial charge in [-0.2, -0.15) is 14.0 Å². The molecule has 0 radical (unpaired) electrons. The quantitative estimate of drug-likeness (QED) is 0.642. The molecule has 1 N–H and O–H groups in total. The number of alkyl halides is 2. The molecule has 1 amide bonds. The van der Waals surface area contributed by atoms with Gasteiger partial charge in [-0.25, -0.2) is 0 Å². The van der Waals surface area contributed by atoms with Crippen molar-refractivity contribution in [2.45, 2.75) is 6.61 Å². The van der Waals surface area contributed by atoms with E-state index in [2.05, 4.69) is 15.0 Å². The number of pyridine rings is 1. The van der Waals surface area contributed by atoms with E-state index in [0.717, 1.165) is 0 Å². The minimum atomic E-state index is -2.99. The lowest BCUT2D eigenvalue weighted by Crippen LogP contribution is -2.13. The summed E-state index contributed by atoms with van der Waals surface area (Å²) >= 11 is 0. The van der Waals surface area contributed by atoms with Crippen molar-refractivity contribution < 1.29 is 23.0 Å². The van der Waals surface area contributed by atoms with Crippen LogP contribution < -0.4 is 14.8 Å². The number of halogens is 2. The molecule has 0 aliphatic rings.